The van der Waals surface area contributed by atoms with E-state index in [1.807, 2.05) is 0 Å². The van der Waals surface area contributed by atoms with Crippen LogP contribution in [0.2, 0.25) is 0 Å². The van der Waals surface area contributed by atoms with Crippen molar-refractivity contribution in [3.8, 4) is 11.5 Å². The first kappa shape index (κ1) is 21.0. The Labute approximate surface area is 161 Å². The topological polar surface area (TPSA) is 77.1 Å². The zero-order chi connectivity index (χ0) is 19.3. The molecule has 0 spiro atoms. The Morgan fingerprint density at radius 2 is 1.85 bits per heavy atom. The van der Waals surface area contributed by atoms with E-state index in [9.17, 15) is 9.59 Å². The normalized spacial score (nSPS) is 14.4. The highest BCUT2D eigenvalue weighted by atomic mass is 16.5. The number of rotatable bonds is 12. The van der Waals surface area contributed by atoms with Crippen LogP contribution in [0.4, 0.5) is 5.69 Å². The number of amides is 1. The Bertz CT molecular complexity index is 588. The van der Waals surface area contributed by atoms with Crippen LogP contribution in [0.5, 0.6) is 11.5 Å². The molecule has 0 aromatic heterocycles. The van der Waals surface area contributed by atoms with Crippen molar-refractivity contribution in [3.63, 3.8) is 0 Å². The van der Waals surface area contributed by atoms with Crippen LogP contribution in [0.15, 0.2) is 18.2 Å². The molecule has 1 aliphatic rings. The third-order valence-corrected chi connectivity index (χ3v) is 4.50. The first-order valence-corrected chi connectivity index (χ1v) is 9.62. The van der Waals surface area contributed by atoms with Crippen molar-refractivity contribution < 1.29 is 23.8 Å². The minimum absolute atomic E-state index is 0.260. The van der Waals surface area contributed by atoms with Crippen LogP contribution in [0, 0.1) is 0 Å². The van der Waals surface area contributed by atoms with E-state index in [1.54, 1.807) is 18.2 Å². The molecule has 1 amide bonds. The number of piperidine rings is 1. The SMILES string of the molecule is COC(=O)CCCOc1cc(NC=O)ccc1OCCCN1CCCCC1. The molecule has 0 unspecified atom stereocenters. The van der Waals surface area contributed by atoms with Crippen LogP contribution in [0.3, 0.4) is 0 Å². The standard InChI is InChI=1S/C20H30N2O5/c1-25-20(24)7-5-13-27-19-15-17(21-16-23)8-9-18(19)26-14-6-12-22-10-3-2-4-11-22/h8-9,15-16H,2-7,10-14H2,1H3,(H,21,23). The average Bonchev–Trinajstić information content (AvgIpc) is 2.70. The molecule has 0 saturated carbocycles. The van der Waals surface area contributed by atoms with Crippen LogP contribution in [0.1, 0.15) is 38.5 Å². The number of methoxy groups -OCH3 is 1. The second kappa shape index (κ2) is 12.2. The molecule has 1 N–H and O–H groups in total. The first-order valence-electron chi connectivity index (χ1n) is 9.62. The summed E-state index contributed by atoms with van der Waals surface area (Å²) in [6.07, 6.45) is 6.34. The summed E-state index contributed by atoms with van der Waals surface area (Å²) in [4.78, 5) is 24.3. The molecule has 0 atom stereocenters. The van der Waals surface area contributed by atoms with Crippen molar-refractivity contribution in [1.29, 1.82) is 0 Å². The molecule has 1 aliphatic heterocycles. The number of hydrogen-bond donors (Lipinski definition) is 1. The Balaban J connectivity index is 1.82. The summed E-state index contributed by atoms with van der Waals surface area (Å²) in [5.74, 6) is 0.942. The van der Waals surface area contributed by atoms with Gasteiger partial charge < -0.3 is 24.4 Å². The molecule has 1 fully saturated rings. The number of benzene rings is 1. The molecule has 1 aromatic carbocycles. The van der Waals surface area contributed by atoms with Gasteiger partial charge in [0.2, 0.25) is 6.41 Å². The molecule has 2 rings (SSSR count). The van der Waals surface area contributed by atoms with Gasteiger partial charge in [-0.15, -0.1) is 0 Å². The second-order valence-electron chi connectivity index (χ2n) is 6.56. The lowest BCUT2D eigenvalue weighted by molar-refractivity contribution is -0.140. The zero-order valence-corrected chi connectivity index (χ0v) is 16.1. The van der Waals surface area contributed by atoms with Crippen molar-refractivity contribution >= 4 is 18.1 Å². The molecule has 27 heavy (non-hydrogen) atoms. The van der Waals surface area contributed by atoms with Crippen molar-refractivity contribution in [2.45, 2.75) is 38.5 Å². The van der Waals surface area contributed by atoms with Gasteiger partial charge in [-0.1, -0.05) is 6.42 Å². The van der Waals surface area contributed by atoms with E-state index >= 15 is 0 Å². The van der Waals surface area contributed by atoms with Crippen molar-refractivity contribution in [3.05, 3.63) is 18.2 Å². The molecule has 1 heterocycles. The molecule has 1 saturated heterocycles. The molecule has 0 radical (unpaired) electrons. The molecule has 0 aliphatic carbocycles. The second-order valence-corrected chi connectivity index (χ2v) is 6.56. The molecular formula is C20H30N2O5. The van der Waals surface area contributed by atoms with E-state index in [-0.39, 0.29) is 5.97 Å². The fourth-order valence-corrected chi connectivity index (χ4v) is 3.05. The van der Waals surface area contributed by atoms with Crippen LogP contribution in [0.25, 0.3) is 0 Å². The molecule has 1 aromatic rings. The monoisotopic (exact) mass is 378 g/mol. The van der Waals surface area contributed by atoms with E-state index < -0.39 is 0 Å². The number of anilines is 1. The average molecular weight is 378 g/mol. The number of ether oxygens (including phenoxy) is 3. The molecule has 150 valence electrons. The van der Waals surface area contributed by atoms with Gasteiger partial charge in [0.15, 0.2) is 11.5 Å². The summed E-state index contributed by atoms with van der Waals surface area (Å²) in [5, 5.41) is 2.61. The van der Waals surface area contributed by atoms with Gasteiger partial charge in [-0.05, 0) is 50.9 Å². The van der Waals surface area contributed by atoms with Crippen molar-refractivity contribution in [1.82, 2.24) is 4.90 Å². The fourth-order valence-electron chi connectivity index (χ4n) is 3.05. The lowest BCUT2D eigenvalue weighted by atomic mass is 10.1. The summed E-state index contributed by atoms with van der Waals surface area (Å²) >= 11 is 0. The third-order valence-electron chi connectivity index (χ3n) is 4.50. The van der Waals surface area contributed by atoms with Gasteiger partial charge in [-0.2, -0.15) is 0 Å². The number of esters is 1. The van der Waals surface area contributed by atoms with E-state index in [0.29, 0.717) is 49.7 Å². The number of nitrogens with zero attached hydrogens (tertiary/aromatic N) is 1. The number of nitrogens with one attached hydrogen (secondary N) is 1. The van der Waals surface area contributed by atoms with Crippen molar-refractivity contribution in [2.24, 2.45) is 0 Å². The van der Waals surface area contributed by atoms with Crippen molar-refractivity contribution in [2.75, 3.05) is 45.3 Å². The highest BCUT2D eigenvalue weighted by Gasteiger charge is 2.11. The molecule has 7 heteroatoms. The molecular weight excluding hydrogens is 348 g/mol. The zero-order valence-electron chi connectivity index (χ0n) is 16.1. The Morgan fingerprint density at radius 3 is 2.59 bits per heavy atom. The van der Waals surface area contributed by atoms with Crippen LogP contribution >= 0.6 is 0 Å². The van der Waals surface area contributed by atoms with E-state index in [0.717, 1.165) is 13.0 Å². The van der Waals surface area contributed by atoms with Gasteiger partial charge in [0.1, 0.15) is 0 Å². The summed E-state index contributed by atoms with van der Waals surface area (Å²) in [7, 11) is 1.37. The Kier molecular flexibility index (Phi) is 9.48. The van der Waals surface area contributed by atoms with Crippen LogP contribution in [-0.4, -0.2) is 57.2 Å². The number of carbonyl (C=O) groups excluding carboxylic acids is 2. The smallest absolute Gasteiger partial charge is 0.305 e. The molecule has 7 nitrogen and oxygen atoms in total. The quantitative estimate of drug-likeness (QED) is 0.342. The minimum atomic E-state index is -0.260. The van der Waals surface area contributed by atoms with Crippen LogP contribution in [-0.2, 0) is 14.3 Å². The Morgan fingerprint density at radius 1 is 1.11 bits per heavy atom. The first-order chi connectivity index (χ1) is 13.2. The largest absolute Gasteiger partial charge is 0.490 e. The lowest BCUT2D eigenvalue weighted by Crippen LogP contribution is -2.31. The lowest BCUT2D eigenvalue weighted by Gasteiger charge is -2.26. The maximum absolute atomic E-state index is 11.2. The van der Waals surface area contributed by atoms with Gasteiger partial charge in [-0.3, -0.25) is 9.59 Å². The predicted octanol–water partition coefficient (Wildman–Crippen LogP) is 2.84. The highest BCUT2D eigenvalue weighted by Crippen LogP contribution is 2.31. The maximum Gasteiger partial charge on any atom is 0.305 e. The molecule has 0 bridgehead atoms. The predicted molar refractivity (Wildman–Crippen MR) is 103 cm³/mol. The minimum Gasteiger partial charge on any atom is -0.490 e. The van der Waals surface area contributed by atoms with E-state index in [4.69, 9.17) is 9.47 Å². The Hall–Kier alpha value is -2.28. The maximum atomic E-state index is 11.2. The van der Waals surface area contributed by atoms with Crippen LogP contribution < -0.4 is 14.8 Å². The van der Waals surface area contributed by atoms with Gasteiger partial charge in [0.05, 0.1) is 20.3 Å². The summed E-state index contributed by atoms with van der Waals surface area (Å²) < 4.78 is 16.3. The summed E-state index contributed by atoms with van der Waals surface area (Å²) in [6, 6.07) is 5.30. The highest BCUT2D eigenvalue weighted by molar-refractivity contribution is 5.72. The fraction of sp³-hybridized carbons (Fsp3) is 0.600. The van der Waals surface area contributed by atoms with E-state index in [1.165, 1.54) is 39.5 Å². The van der Waals surface area contributed by atoms with Gasteiger partial charge >= 0.3 is 5.97 Å². The number of likely N-dealkylation sites (tertiary alicyclic amines) is 1. The third kappa shape index (κ3) is 7.86. The summed E-state index contributed by atoms with van der Waals surface area (Å²) in [6.45, 7) is 4.38. The van der Waals surface area contributed by atoms with Gasteiger partial charge in [-0.25, -0.2) is 0 Å². The van der Waals surface area contributed by atoms with Gasteiger partial charge in [0.25, 0.3) is 0 Å². The number of hydrogen-bond acceptors (Lipinski definition) is 6. The van der Waals surface area contributed by atoms with Gasteiger partial charge in [0, 0.05) is 24.7 Å². The number of carbonyl (C=O) groups is 2. The summed E-state index contributed by atoms with van der Waals surface area (Å²) in [5.41, 5.74) is 0.633. The van der Waals surface area contributed by atoms with E-state index in [2.05, 4.69) is 15.0 Å².